The number of carbonyl (C=O) groups excluding carboxylic acids is 4. The van der Waals surface area contributed by atoms with Gasteiger partial charge in [0.25, 0.3) is 0 Å². The third-order valence-corrected chi connectivity index (χ3v) is 19.3. The summed E-state index contributed by atoms with van der Waals surface area (Å²) in [6, 6.07) is 0. The first-order chi connectivity index (χ1) is 44.6. The predicted octanol–water partition coefficient (Wildman–Crippen LogP) is 21.3. The first-order valence-corrected chi connectivity index (χ1v) is 41.2. The maximum Gasteiger partial charge on any atom is 0.472 e. The topological polar surface area (TPSA) is 237 Å². The molecule has 0 amide bonds. The monoisotopic (exact) mass is 1350 g/mol. The molecule has 92 heavy (non-hydrogen) atoms. The third kappa shape index (κ3) is 65.4. The Morgan fingerprint density at radius 2 is 0.522 bits per heavy atom. The zero-order valence-corrected chi connectivity index (χ0v) is 61.5. The number of ether oxygens (including phenoxy) is 4. The van der Waals surface area contributed by atoms with Gasteiger partial charge in [-0.1, -0.05) is 330 Å². The highest BCUT2D eigenvalue weighted by Gasteiger charge is 2.30. The maximum absolute atomic E-state index is 13.1. The molecule has 19 heteroatoms. The van der Waals surface area contributed by atoms with Crippen LogP contribution in [-0.2, 0) is 65.4 Å². The van der Waals surface area contributed by atoms with Crippen LogP contribution in [0.3, 0.4) is 0 Å². The van der Waals surface area contributed by atoms with Crippen LogP contribution in [0.1, 0.15) is 381 Å². The molecule has 0 aliphatic heterocycles. The summed E-state index contributed by atoms with van der Waals surface area (Å²) in [4.78, 5) is 72.4. The van der Waals surface area contributed by atoms with Crippen molar-refractivity contribution in [3.8, 4) is 0 Å². The molecule has 0 bridgehead atoms. The molecule has 0 rings (SSSR count). The molecule has 0 aromatic carbocycles. The largest absolute Gasteiger partial charge is 0.472 e. The minimum atomic E-state index is -4.95. The van der Waals surface area contributed by atoms with Gasteiger partial charge in [-0.05, 0) is 31.6 Å². The average Bonchev–Trinajstić information content (AvgIpc) is 3.28. The van der Waals surface area contributed by atoms with E-state index in [9.17, 15) is 43.2 Å². The van der Waals surface area contributed by atoms with Crippen molar-refractivity contribution in [3.63, 3.8) is 0 Å². The van der Waals surface area contributed by atoms with E-state index in [0.29, 0.717) is 25.7 Å². The predicted molar refractivity (Wildman–Crippen MR) is 372 cm³/mol. The zero-order valence-electron chi connectivity index (χ0n) is 59.7. The van der Waals surface area contributed by atoms with Gasteiger partial charge in [0.1, 0.15) is 19.3 Å². The molecule has 0 saturated carbocycles. The van der Waals surface area contributed by atoms with E-state index in [0.717, 1.165) is 109 Å². The van der Waals surface area contributed by atoms with Crippen LogP contribution >= 0.6 is 15.6 Å². The molecule has 6 atom stereocenters. The first-order valence-electron chi connectivity index (χ1n) is 38.2. The third-order valence-electron chi connectivity index (χ3n) is 17.4. The van der Waals surface area contributed by atoms with Gasteiger partial charge in [-0.3, -0.25) is 37.3 Å². The van der Waals surface area contributed by atoms with Crippen LogP contribution in [0, 0.1) is 5.92 Å². The van der Waals surface area contributed by atoms with Crippen molar-refractivity contribution in [3.05, 3.63) is 0 Å². The Labute approximate surface area is 562 Å². The van der Waals surface area contributed by atoms with Crippen LogP contribution in [0.5, 0.6) is 0 Å². The van der Waals surface area contributed by atoms with Crippen LogP contribution in [0.4, 0.5) is 0 Å². The molecule has 0 radical (unpaired) electrons. The summed E-state index contributed by atoms with van der Waals surface area (Å²) < 4.78 is 68.2. The van der Waals surface area contributed by atoms with Crippen molar-refractivity contribution in [2.45, 2.75) is 400 Å². The van der Waals surface area contributed by atoms with Crippen molar-refractivity contribution < 1.29 is 80.2 Å². The maximum atomic E-state index is 13.1. The van der Waals surface area contributed by atoms with Crippen LogP contribution < -0.4 is 0 Å². The van der Waals surface area contributed by atoms with E-state index in [1.807, 2.05) is 0 Å². The molecule has 3 N–H and O–H groups in total. The summed E-state index contributed by atoms with van der Waals surface area (Å²) >= 11 is 0. The Bertz CT molecular complexity index is 1770. The van der Waals surface area contributed by atoms with Crippen LogP contribution in [-0.4, -0.2) is 96.7 Å². The molecule has 0 fully saturated rings. The van der Waals surface area contributed by atoms with E-state index in [1.54, 1.807) is 0 Å². The minimum absolute atomic E-state index is 0.106. The van der Waals surface area contributed by atoms with Gasteiger partial charge < -0.3 is 33.8 Å². The van der Waals surface area contributed by atoms with Crippen LogP contribution in [0.15, 0.2) is 0 Å². The highest BCUT2D eigenvalue weighted by molar-refractivity contribution is 7.47. The zero-order chi connectivity index (χ0) is 67.7. The highest BCUT2D eigenvalue weighted by Crippen LogP contribution is 2.45. The second kappa shape index (κ2) is 66.3. The number of phosphoric ester groups is 2. The number of unbranched alkanes of at least 4 members (excludes halogenated alkanes) is 44. The molecule has 0 aliphatic carbocycles. The number of esters is 4. The summed E-state index contributed by atoms with van der Waals surface area (Å²) in [5, 5.41) is 10.6. The van der Waals surface area contributed by atoms with Crippen molar-refractivity contribution in [1.82, 2.24) is 0 Å². The molecule has 0 heterocycles. The van der Waals surface area contributed by atoms with Crippen molar-refractivity contribution in [2.24, 2.45) is 5.92 Å². The Kier molecular flexibility index (Phi) is 64.9. The van der Waals surface area contributed by atoms with Gasteiger partial charge in [-0.25, -0.2) is 9.13 Å². The minimum Gasteiger partial charge on any atom is -0.462 e. The molecule has 546 valence electrons. The van der Waals surface area contributed by atoms with Gasteiger partial charge in [-0.15, -0.1) is 0 Å². The number of rotatable bonds is 73. The lowest BCUT2D eigenvalue weighted by Gasteiger charge is -2.21. The fraction of sp³-hybridized carbons (Fsp3) is 0.945. The molecular weight excluding hydrogens is 1210 g/mol. The number of phosphoric acid groups is 2. The number of aliphatic hydroxyl groups excluding tert-OH is 1. The van der Waals surface area contributed by atoms with Gasteiger partial charge in [-0.2, -0.15) is 0 Å². The Morgan fingerprint density at radius 1 is 0.304 bits per heavy atom. The lowest BCUT2D eigenvalue weighted by atomic mass is 9.99. The van der Waals surface area contributed by atoms with E-state index >= 15 is 0 Å². The summed E-state index contributed by atoms with van der Waals surface area (Å²) in [6.45, 7) is 7.23. The van der Waals surface area contributed by atoms with Gasteiger partial charge in [0, 0.05) is 25.7 Å². The van der Waals surface area contributed by atoms with Crippen LogP contribution in [0.25, 0.3) is 0 Å². The molecular formula is C73H142O17P2. The molecule has 0 saturated heterocycles. The van der Waals surface area contributed by atoms with Crippen molar-refractivity contribution in [2.75, 3.05) is 39.6 Å². The van der Waals surface area contributed by atoms with E-state index in [4.69, 9.17) is 37.0 Å². The summed E-state index contributed by atoms with van der Waals surface area (Å²) in [7, 11) is -9.89. The first kappa shape index (κ1) is 90.1. The number of carbonyl (C=O) groups is 4. The lowest BCUT2D eigenvalue weighted by Crippen LogP contribution is -2.30. The highest BCUT2D eigenvalue weighted by atomic mass is 31.2. The Balaban J connectivity index is 5.13. The van der Waals surface area contributed by atoms with Gasteiger partial charge in [0.2, 0.25) is 0 Å². The van der Waals surface area contributed by atoms with E-state index in [1.165, 1.54) is 193 Å². The number of hydrogen-bond donors (Lipinski definition) is 3. The molecule has 3 unspecified atom stereocenters. The quantitative estimate of drug-likeness (QED) is 0.0222. The number of hydrogen-bond acceptors (Lipinski definition) is 15. The number of aliphatic hydroxyl groups is 1. The molecule has 17 nitrogen and oxygen atoms in total. The molecule has 0 aromatic rings. The van der Waals surface area contributed by atoms with Crippen LogP contribution in [0.2, 0.25) is 0 Å². The fourth-order valence-corrected chi connectivity index (χ4v) is 12.7. The van der Waals surface area contributed by atoms with Crippen molar-refractivity contribution >= 4 is 39.5 Å². The van der Waals surface area contributed by atoms with Gasteiger partial charge in [0.15, 0.2) is 12.2 Å². The standard InChI is InChI=1S/C73H142O17P2/c1-6-10-13-16-19-21-22-23-24-25-26-27-28-29-30-31-32-33-39-44-49-54-59-73(78)90-69(63-84-71(76)57-52-47-42-38-35-34-37-41-45-50-55-66(5)9-4)65-88-92(81,82)86-61-67(74)60-85-91(79,80)87-64-68(62-83-70(75)56-51-46-40-18-15-12-8-3)89-72(77)58-53-48-43-36-20-17-14-11-7-2/h66-69,74H,6-65H2,1-5H3,(H,79,80)(H,81,82)/t66?,67-,68+,69+/m0/s1. The van der Waals surface area contributed by atoms with E-state index < -0.39 is 97.5 Å². The summed E-state index contributed by atoms with van der Waals surface area (Å²) in [6.07, 6.45) is 54.4. The second-order valence-corrected chi connectivity index (χ2v) is 29.5. The average molecular weight is 1350 g/mol. The van der Waals surface area contributed by atoms with Crippen molar-refractivity contribution in [1.29, 1.82) is 0 Å². The van der Waals surface area contributed by atoms with E-state index in [2.05, 4.69) is 34.6 Å². The smallest absolute Gasteiger partial charge is 0.462 e. The SMILES string of the molecule is CCCCCCCCCCCCCCCCCCCCCCCCC(=O)O[C@H](COC(=O)CCCCCCCCCCCCC(C)CC)COP(=O)(O)OC[C@@H](O)COP(=O)(O)OC[C@@H](COC(=O)CCCCCCCCC)OC(=O)CCCCCCCCCCC. The van der Waals surface area contributed by atoms with Gasteiger partial charge >= 0.3 is 39.5 Å². The molecule has 0 aliphatic rings. The van der Waals surface area contributed by atoms with Gasteiger partial charge in [0.05, 0.1) is 26.4 Å². The summed E-state index contributed by atoms with van der Waals surface area (Å²) in [5.41, 5.74) is 0. The van der Waals surface area contributed by atoms with E-state index in [-0.39, 0.29) is 25.7 Å². The summed E-state index contributed by atoms with van der Waals surface area (Å²) in [5.74, 6) is -1.32. The fourth-order valence-electron chi connectivity index (χ4n) is 11.1. The normalized spacial score (nSPS) is 14.3. The molecule has 0 aromatic heterocycles. The second-order valence-electron chi connectivity index (χ2n) is 26.6. The Hall–Kier alpha value is -1.94. The lowest BCUT2D eigenvalue weighted by molar-refractivity contribution is -0.161. The molecule has 0 spiro atoms. The Morgan fingerprint density at radius 3 is 0.772 bits per heavy atom.